The molecule has 3 aromatic rings. The summed E-state index contributed by atoms with van der Waals surface area (Å²) in [5.74, 6) is 0.109. The van der Waals surface area contributed by atoms with Crippen molar-refractivity contribution in [1.82, 2.24) is 29.7 Å². The van der Waals surface area contributed by atoms with Crippen LogP contribution >= 0.6 is 0 Å². The molecule has 31 heavy (non-hydrogen) atoms. The maximum atomic E-state index is 12.4. The van der Waals surface area contributed by atoms with Gasteiger partial charge in [0.15, 0.2) is 17.4 Å². The van der Waals surface area contributed by atoms with Crippen molar-refractivity contribution in [3.05, 3.63) is 52.6 Å². The van der Waals surface area contributed by atoms with Crippen molar-refractivity contribution < 1.29 is 14.9 Å². The van der Waals surface area contributed by atoms with Crippen LogP contribution < -0.4 is 10.9 Å². The lowest BCUT2D eigenvalue weighted by Gasteiger charge is -2.21. The standard InChI is InChI=1S/C20H25N7O4/c1-26(2)10-23-20-24-17-15(18(30)25-20)22-11-27(17)19-16(29)14(13(9-28)31-19)21-8-12-6-4-3-5-7-12/h3-7,10-11,13-14,16,19,21,28-29H,8-9H2,1-2H3,(H,24,25,30)/b23-10+. The molecular weight excluding hydrogens is 402 g/mol. The van der Waals surface area contributed by atoms with Crippen LogP contribution in [0.25, 0.3) is 11.2 Å². The van der Waals surface area contributed by atoms with Gasteiger partial charge in [0.2, 0.25) is 5.95 Å². The first-order valence-electron chi connectivity index (χ1n) is 9.87. The van der Waals surface area contributed by atoms with Gasteiger partial charge in [0.1, 0.15) is 12.2 Å². The summed E-state index contributed by atoms with van der Waals surface area (Å²) in [6, 6.07) is 9.20. The monoisotopic (exact) mass is 427 g/mol. The second kappa shape index (κ2) is 8.94. The zero-order valence-electron chi connectivity index (χ0n) is 17.2. The number of hydrogen-bond acceptors (Lipinski definition) is 8. The number of fused-ring (bicyclic) bond motifs is 1. The number of benzene rings is 1. The first-order chi connectivity index (χ1) is 15.0. The first kappa shape index (κ1) is 21.1. The molecule has 0 radical (unpaired) electrons. The highest BCUT2D eigenvalue weighted by Crippen LogP contribution is 2.31. The van der Waals surface area contributed by atoms with E-state index in [-0.39, 0.29) is 23.7 Å². The lowest BCUT2D eigenvalue weighted by molar-refractivity contribution is -0.0489. The molecule has 164 valence electrons. The molecule has 1 aromatic carbocycles. The van der Waals surface area contributed by atoms with E-state index in [0.29, 0.717) is 6.54 Å². The summed E-state index contributed by atoms with van der Waals surface area (Å²) >= 11 is 0. The van der Waals surface area contributed by atoms with Crippen LogP contribution in [0.4, 0.5) is 5.95 Å². The van der Waals surface area contributed by atoms with Crippen LogP contribution in [0.3, 0.4) is 0 Å². The maximum Gasteiger partial charge on any atom is 0.280 e. The van der Waals surface area contributed by atoms with Crippen LogP contribution in [0.2, 0.25) is 0 Å². The lowest BCUT2D eigenvalue weighted by Crippen LogP contribution is -2.45. The second-order valence-corrected chi connectivity index (χ2v) is 7.55. The summed E-state index contributed by atoms with van der Waals surface area (Å²) < 4.78 is 7.41. The molecule has 1 saturated heterocycles. The molecule has 0 amide bonds. The molecular formula is C20H25N7O4. The molecule has 2 aromatic heterocycles. The SMILES string of the molecule is CN(C)/C=N/c1nc2c(ncn2C2OC(CO)C(NCc3ccccc3)C2O)c(=O)[nH]1. The Morgan fingerprint density at radius 3 is 2.84 bits per heavy atom. The molecule has 4 N–H and O–H groups in total. The quantitative estimate of drug-likeness (QED) is 0.299. The Bertz CT molecular complexity index is 1110. The van der Waals surface area contributed by atoms with Crippen LogP contribution in [-0.2, 0) is 11.3 Å². The Morgan fingerprint density at radius 2 is 2.13 bits per heavy atom. The number of nitrogens with zero attached hydrogens (tertiary/aromatic N) is 5. The average Bonchev–Trinajstić information content (AvgIpc) is 3.32. The van der Waals surface area contributed by atoms with E-state index >= 15 is 0 Å². The summed E-state index contributed by atoms with van der Waals surface area (Å²) in [6.45, 7) is 0.222. The Hall–Kier alpha value is -3.12. The van der Waals surface area contributed by atoms with Crippen molar-refractivity contribution in [2.45, 2.75) is 31.0 Å². The predicted molar refractivity (Wildman–Crippen MR) is 114 cm³/mol. The van der Waals surface area contributed by atoms with Crippen molar-refractivity contribution in [2.24, 2.45) is 4.99 Å². The number of aliphatic hydroxyl groups is 2. The number of nitrogens with one attached hydrogen (secondary N) is 2. The highest BCUT2D eigenvalue weighted by atomic mass is 16.5. The van der Waals surface area contributed by atoms with E-state index < -0.39 is 30.0 Å². The number of ether oxygens (including phenoxy) is 1. The van der Waals surface area contributed by atoms with Crippen LogP contribution in [0.5, 0.6) is 0 Å². The van der Waals surface area contributed by atoms with Gasteiger partial charge in [-0.05, 0) is 5.56 Å². The lowest BCUT2D eigenvalue weighted by atomic mass is 10.1. The van der Waals surface area contributed by atoms with Crippen molar-refractivity contribution >= 4 is 23.5 Å². The molecule has 0 aliphatic carbocycles. The minimum absolute atomic E-state index is 0.109. The van der Waals surface area contributed by atoms with Gasteiger partial charge in [0.25, 0.3) is 5.56 Å². The van der Waals surface area contributed by atoms with Gasteiger partial charge in [-0.25, -0.2) is 9.98 Å². The topological polar surface area (TPSA) is 141 Å². The van der Waals surface area contributed by atoms with Gasteiger partial charge >= 0.3 is 0 Å². The van der Waals surface area contributed by atoms with Gasteiger partial charge in [0.05, 0.1) is 25.3 Å². The molecule has 4 atom stereocenters. The number of aromatic amines is 1. The third kappa shape index (κ3) is 4.35. The Balaban J connectivity index is 1.62. The number of imidazole rings is 1. The number of aromatic nitrogens is 4. The van der Waals surface area contributed by atoms with Crippen molar-refractivity contribution in [3.8, 4) is 0 Å². The van der Waals surface area contributed by atoms with E-state index in [9.17, 15) is 15.0 Å². The van der Waals surface area contributed by atoms with Gasteiger partial charge < -0.3 is 25.2 Å². The van der Waals surface area contributed by atoms with Crippen LogP contribution in [-0.4, -0.2) is 79.9 Å². The molecule has 1 aliphatic rings. The fourth-order valence-corrected chi connectivity index (χ4v) is 3.54. The fourth-order valence-electron chi connectivity index (χ4n) is 3.54. The number of H-pyrrole nitrogens is 1. The highest BCUT2D eigenvalue weighted by molar-refractivity contribution is 5.71. The fraction of sp³-hybridized carbons (Fsp3) is 0.400. The molecule has 4 unspecified atom stereocenters. The Morgan fingerprint density at radius 1 is 1.35 bits per heavy atom. The highest BCUT2D eigenvalue weighted by Gasteiger charge is 2.44. The van der Waals surface area contributed by atoms with Gasteiger partial charge in [-0.2, -0.15) is 4.98 Å². The van der Waals surface area contributed by atoms with Crippen molar-refractivity contribution in [2.75, 3.05) is 20.7 Å². The maximum absolute atomic E-state index is 12.4. The Kier molecular flexibility index (Phi) is 6.09. The summed E-state index contributed by atoms with van der Waals surface area (Å²) in [6.07, 6.45) is 0.378. The second-order valence-electron chi connectivity index (χ2n) is 7.55. The van der Waals surface area contributed by atoms with Crippen molar-refractivity contribution in [3.63, 3.8) is 0 Å². The van der Waals surface area contributed by atoms with Gasteiger partial charge in [-0.15, -0.1) is 0 Å². The number of aliphatic hydroxyl groups excluding tert-OH is 2. The molecule has 11 nitrogen and oxygen atoms in total. The van der Waals surface area contributed by atoms with Gasteiger partial charge in [-0.1, -0.05) is 30.3 Å². The smallest absolute Gasteiger partial charge is 0.280 e. The largest absolute Gasteiger partial charge is 0.394 e. The molecule has 4 rings (SSSR count). The zero-order valence-corrected chi connectivity index (χ0v) is 17.2. The molecule has 0 bridgehead atoms. The summed E-state index contributed by atoms with van der Waals surface area (Å²) in [5, 5.41) is 24.0. The minimum atomic E-state index is -1.01. The number of hydrogen-bond donors (Lipinski definition) is 4. The number of rotatable bonds is 7. The van der Waals surface area contributed by atoms with E-state index in [1.54, 1.807) is 19.0 Å². The predicted octanol–water partition coefficient (Wildman–Crippen LogP) is -0.250. The third-order valence-electron chi connectivity index (χ3n) is 5.04. The van der Waals surface area contributed by atoms with E-state index in [2.05, 4.69) is 25.3 Å². The Labute approximate surface area is 178 Å². The van der Waals surface area contributed by atoms with E-state index in [1.807, 2.05) is 30.3 Å². The molecule has 0 saturated carbocycles. The van der Waals surface area contributed by atoms with Crippen molar-refractivity contribution in [1.29, 1.82) is 0 Å². The molecule has 11 heteroatoms. The zero-order chi connectivity index (χ0) is 22.0. The normalized spacial score (nSPS) is 23.7. The third-order valence-corrected chi connectivity index (χ3v) is 5.04. The summed E-state index contributed by atoms with van der Waals surface area (Å²) in [4.78, 5) is 29.3. The van der Waals surface area contributed by atoms with Gasteiger partial charge in [0, 0.05) is 20.6 Å². The molecule has 0 spiro atoms. The van der Waals surface area contributed by atoms with Crippen LogP contribution in [0.1, 0.15) is 11.8 Å². The van der Waals surface area contributed by atoms with Crippen LogP contribution in [0, 0.1) is 0 Å². The molecule has 1 aliphatic heterocycles. The van der Waals surface area contributed by atoms with Crippen LogP contribution in [0.15, 0.2) is 46.4 Å². The van der Waals surface area contributed by atoms with E-state index in [1.165, 1.54) is 17.2 Å². The molecule has 3 heterocycles. The summed E-state index contributed by atoms with van der Waals surface area (Å²) in [7, 11) is 3.59. The van der Waals surface area contributed by atoms with E-state index in [4.69, 9.17) is 4.74 Å². The van der Waals surface area contributed by atoms with E-state index in [0.717, 1.165) is 5.56 Å². The van der Waals surface area contributed by atoms with Gasteiger partial charge in [-0.3, -0.25) is 14.3 Å². The number of aliphatic imine (C=N–C) groups is 1. The average molecular weight is 427 g/mol. The minimum Gasteiger partial charge on any atom is -0.394 e. The molecule has 1 fully saturated rings. The first-order valence-corrected chi connectivity index (χ1v) is 9.87. The summed E-state index contributed by atoms with van der Waals surface area (Å²) in [5.41, 5.74) is 0.944.